The third-order valence-corrected chi connectivity index (χ3v) is 5.95. The summed E-state index contributed by atoms with van der Waals surface area (Å²) in [6.07, 6.45) is 3.61. The highest BCUT2D eigenvalue weighted by Crippen LogP contribution is 2.35. The van der Waals surface area contributed by atoms with E-state index < -0.39 is 0 Å². The maximum Gasteiger partial charge on any atom is 0.290 e. The van der Waals surface area contributed by atoms with Crippen molar-refractivity contribution in [1.29, 1.82) is 0 Å². The summed E-state index contributed by atoms with van der Waals surface area (Å²) in [5, 5.41) is 10.5. The molecule has 0 saturated heterocycles. The monoisotopic (exact) mass is 413 g/mol. The van der Waals surface area contributed by atoms with Crippen molar-refractivity contribution in [3.8, 4) is 0 Å². The van der Waals surface area contributed by atoms with Crippen LogP contribution in [0.25, 0.3) is 10.2 Å². The first kappa shape index (κ1) is 20.5. The molecule has 3 rings (SSSR count). The van der Waals surface area contributed by atoms with E-state index in [9.17, 15) is 0 Å². The highest BCUT2D eigenvalue weighted by atomic mass is 35.5. The molecular weight excluding hydrogens is 394 g/mol. The van der Waals surface area contributed by atoms with E-state index in [1.807, 2.05) is 6.07 Å². The van der Waals surface area contributed by atoms with Gasteiger partial charge in [-0.2, -0.15) is 4.98 Å². The van der Waals surface area contributed by atoms with Crippen molar-refractivity contribution < 1.29 is 9.90 Å². The number of hydrogen-bond donors (Lipinski definition) is 3. The number of hydrogen-bond acceptors (Lipinski definition) is 8. The number of carboxylic acid groups (broad SMARTS) is 1. The molecule has 1 unspecified atom stereocenters. The number of aryl methyl sites for hydroxylation is 1. The zero-order valence-electron chi connectivity index (χ0n) is 14.4. The van der Waals surface area contributed by atoms with Gasteiger partial charge in [0.05, 0.1) is 16.8 Å². The van der Waals surface area contributed by atoms with E-state index in [0.29, 0.717) is 6.54 Å². The molecule has 3 aromatic heterocycles. The van der Waals surface area contributed by atoms with Gasteiger partial charge in [0.25, 0.3) is 6.47 Å². The minimum absolute atomic E-state index is 0.166. The molecule has 4 N–H and O–H groups in total. The fourth-order valence-electron chi connectivity index (χ4n) is 2.31. The van der Waals surface area contributed by atoms with Crippen LogP contribution in [-0.2, 0) is 17.8 Å². The lowest BCUT2D eigenvalue weighted by molar-refractivity contribution is -0.122. The number of nitrogens with two attached hydrogens (primary N) is 1. The Balaban J connectivity index is 0.000000758. The number of halogens is 1. The van der Waals surface area contributed by atoms with Gasteiger partial charge < -0.3 is 16.2 Å². The highest BCUT2D eigenvalue weighted by molar-refractivity contribution is 7.19. The second-order valence-electron chi connectivity index (χ2n) is 5.48. The first-order chi connectivity index (χ1) is 12.5. The quantitative estimate of drug-likeness (QED) is 0.417. The lowest BCUT2D eigenvalue weighted by atomic mass is 10.1. The van der Waals surface area contributed by atoms with Crippen molar-refractivity contribution in [2.45, 2.75) is 39.3 Å². The molecule has 0 saturated carbocycles. The molecule has 3 heterocycles. The number of anilines is 1. The van der Waals surface area contributed by atoms with Crippen molar-refractivity contribution >= 4 is 57.0 Å². The normalized spacial score (nSPS) is 11.7. The van der Waals surface area contributed by atoms with E-state index in [2.05, 4.69) is 33.5 Å². The molecule has 3 aromatic rings. The smallest absolute Gasteiger partial charge is 0.290 e. The van der Waals surface area contributed by atoms with E-state index >= 15 is 0 Å². The number of carbonyl (C=O) groups is 1. The van der Waals surface area contributed by atoms with Crippen LogP contribution in [0.3, 0.4) is 0 Å². The van der Waals surface area contributed by atoms with Crippen LogP contribution in [0.15, 0.2) is 12.3 Å². The minimum atomic E-state index is -0.250. The maximum absolute atomic E-state index is 8.36. The van der Waals surface area contributed by atoms with Crippen LogP contribution in [0.5, 0.6) is 0 Å². The summed E-state index contributed by atoms with van der Waals surface area (Å²) in [5.74, 6) is 0.776. The first-order valence-electron chi connectivity index (χ1n) is 7.92. The third kappa shape index (κ3) is 5.10. The van der Waals surface area contributed by atoms with Gasteiger partial charge in [-0.05, 0) is 54.5 Å². The van der Waals surface area contributed by atoms with Crippen LogP contribution in [-0.4, -0.2) is 32.0 Å². The molecule has 10 heteroatoms. The molecule has 7 nitrogen and oxygen atoms in total. The number of rotatable bonds is 6. The topological polar surface area (TPSA) is 114 Å². The van der Waals surface area contributed by atoms with Gasteiger partial charge >= 0.3 is 0 Å². The van der Waals surface area contributed by atoms with E-state index in [0.717, 1.165) is 39.3 Å². The molecule has 1 atom stereocenters. The average molecular weight is 414 g/mol. The molecule has 0 aliphatic heterocycles. The fourth-order valence-corrected chi connectivity index (χ4v) is 4.30. The number of thiophene rings is 1. The summed E-state index contributed by atoms with van der Waals surface area (Å²) < 4.78 is 5.14. The molecule has 0 radical (unpaired) electrons. The van der Waals surface area contributed by atoms with Gasteiger partial charge in [0.1, 0.15) is 5.82 Å². The van der Waals surface area contributed by atoms with Crippen LogP contribution in [0.4, 0.5) is 5.82 Å². The average Bonchev–Trinajstić information content (AvgIpc) is 3.23. The maximum atomic E-state index is 8.36. The number of nitrogens with one attached hydrogen (secondary N) is 1. The zero-order chi connectivity index (χ0) is 19.1. The summed E-state index contributed by atoms with van der Waals surface area (Å²) >= 11 is 9.28. The summed E-state index contributed by atoms with van der Waals surface area (Å²) in [4.78, 5) is 19.5. The molecule has 0 bridgehead atoms. The lowest BCUT2D eigenvalue weighted by Crippen LogP contribution is -2.21. The van der Waals surface area contributed by atoms with Crippen molar-refractivity contribution in [2.75, 3.05) is 5.32 Å². The number of fused-ring (bicyclic) bond motifs is 1. The summed E-state index contributed by atoms with van der Waals surface area (Å²) in [6.45, 7) is 4.60. The van der Waals surface area contributed by atoms with E-state index in [-0.39, 0.29) is 17.8 Å². The predicted molar refractivity (Wildman–Crippen MR) is 107 cm³/mol. The molecule has 0 aromatic carbocycles. The van der Waals surface area contributed by atoms with E-state index in [1.54, 1.807) is 17.5 Å². The van der Waals surface area contributed by atoms with Gasteiger partial charge in [-0.3, -0.25) is 4.79 Å². The van der Waals surface area contributed by atoms with Gasteiger partial charge in [0, 0.05) is 22.0 Å². The van der Waals surface area contributed by atoms with E-state index in [4.69, 9.17) is 27.2 Å². The molecule has 0 spiro atoms. The molecule has 0 aliphatic rings. The minimum Gasteiger partial charge on any atom is -0.483 e. The third-order valence-electron chi connectivity index (χ3n) is 3.73. The van der Waals surface area contributed by atoms with Crippen LogP contribution < -0.4 is 11.1 Å². The van der Waals surface area contributed by atoms with Crippen molar-refractivity contribution in [2.24, 2.45) is 5.73 Å². The molecule has 0 aliphatic carbocycles. The Morgan fingerprint density at radius 1 is 1.46 bits per heavy atom. The highest BCUT2D eigenvalue weighted by Gasteiger charge is 2.17. The molecule has 0 amide bonds. The van der Waals surface area contributed by atoms with Gasteiger partial charge in [0.15, 0.2) is 0 Å². The van der Waals surface area contributed by atoms with Gasteiger partial charge in [-0.1, -0.05) is 6.92 Å². The predicted octanol–water partition coefficient (Wildman–Crippen LogP) is 3.70. The zero-order valence-corrected chi connectivity index (χ0v) is 16.8. The van der Waals surface area contributed by atoms with Crippen LogP contribution in [0.1, 0.15) is 28.7 Å². The van der Waals surface area contributed by atoms with Crippen LogP contribution in [0.2, 0.25) is 5.28 Å². The Hall–Kier alpha value is -1.81. The Morgan fingerprint density at radius 3 is 2.81 bits per heavy atom. The van der Waals surface area contributed by atoms with Crippen molar-refractivity contribution in [3.63, 3.8) is 0 Å². The van der Waals surface area contributed by atoms with Crippen LogP contribution >= 0.6 is 34.5 Å². The van der Waals surface area contributed by atoms with Crippen molar-refractivity contribution in [3.05, 3.63) is 32.9 Å². The molecule has 26 heavy (non-hydrogen) atoms. The second kappa shape index (κ2) is 9.77. The Morgan fingerprint density at radius 2 is 2.19 bits per heavy atom. The summed E-state index contributed by atoms with van der Waals surface area (Å²) in [6, 6.07) is 2.15. The van der Waals surface area contributed by atoms with Crippen molar-refractivity contribution in [1.82, 2.24) is 14.3 Å². The first-order valence-corrected chi connectivity index (χ1v) is 9.89. The van der Waals surface area contributed by atoms with E-state index in [1.165, 1.54) is 16.4 Å². The molecular formula is C16H20ClN5O2S2. The Kier molecular flexibility index (Phi) is 7.70. The van der Waals surface area contributed by atoms with Gasteiger partial charge in [-0.25, -0.2) is 9.36 Å². The Bertz CT molecular complexity index is 854. The molecule has 140 valence electrons. The number of aromatic nitrogens is 3. The van der Waals surface area contributed by atoms with Gasteiger partial charge in [0.2, 0.25) is 5.28 Å². The van der Waals surface area contributed by atoms with Gasteiger partial charge in [-0.15, -0.1) is 11.3 Å². The standard InChI is InChI=1S/C15H18ClN5S2.CH2O2/c1-3-9(17)6-11-8(2)12-13(22-11)14(21-15(16)20-12)18-7-10-4-5-19-23-10;2-1-3/h4-5,9H,3,6-7,17H2,1-2H3,(H,18,20,21);1H,(H,2,3). The fraction of sp³-hybridized carbons (Fsp3) is 0.375. The Labute approximate surface area is 164 Å². The largest absolute Gasteiger partial charge is 0.483 e. The lowest BCUT2D eigenvalue weighted by Gasteiger charge is -2.06. The summed E-state index contributed by atoms with van der Waals surface area (Å²) in [7, 11) is 0. The SMILES string of the molecule is CCC(N)Cc1sc2c(NCc3ccns3)nc(Cl)nc2c1C.O=CO. The summed E-state index contributed by atoms with van der Waals surface area (Å²) in [5.41, 5.74) is 8.18. The number of nitrogens with zero attached hydrogens (tertiary/aromatic N) is 3. The van der Waals surface area contributed by atoms with Crippen LogP contribution in [0, 0.1) is 6.92 Å². The molecule has 0 fully saturated rings. The second-order valence-corrected chi connectivity index (χ2v) is 7.84.